The molecule has 2 atom stereocenters. The van der Waals surface area contributed by atoms with Crippen LogP contribution in [0.3, 0.4) is 0 Å². The van der Waals surface area contributed by atoms with Crippen LogP contribution in [-0.2, 0) is 9.63 Å². The van der Waals surface area contributed by atoms with Gasteiger partial charge in [0, 0.05) is 24.6 Å². The molecule has 21 heavy (non-hydrogen) atoms. The van der Waals surface area contributed by atoms with Gasteiger partial charge in [-0.15, -0.1) is 0 Å². The second-order valence-electron chi connectivity index (χ2n) is 5.73. The number of oxime groups is 1. The van der Waals surface area contributed by atoms with Crippen LogP contribution >= 0.6 is 0 Å². The first kappa shape index (κ1) is 13.9. The second-order valence-corrected chi connectivity index (χ2v) is 5.73. The van der Waals surface area contributed by atoms with Crippen LogP contribution in [0.1, 0.15) is 38.2 Å². The summed E-state index contributed by atoms with van der Waals surface area (Å²) in [6, 6.07) is 7.25. The van der Waals surface area contributed by atoms with E-state index in [-0.39, 0.29) is 17.7 Å². The monoisotopic (exact) mass is 288 g/mol. The summed E-state index contributed by atoms with van der Waals surface area (Å²) in [7, 11) is 0. The van der Waals surface area contributed by atoms with Gasteiger partial charge in [0.2, 0.25) is 6.10 Å². The van der Waals surface area contributed by atoms with E-state index in [0.29, 0.717) is 17.7 Å². The first-order valence-electron chi connectivity index (χ1n) is 7.48. The third-order valence-corrected chi connectivity index (χ3v) is 4.25. The first-order chi connectivity index (χ1) is 10.2. The van der Waals surface area contributed by atoms with E-state index in [2.05, 4.69) is 12.1 Å². The van der Waals surface area contributed by atoms with Crippen LogP contribution < -0.4 is 0 Å². The number of carbonyl (C=O) groups is 1. The number of rotatable bonds is 2. The maximum absolute atomic E-state index is 12.5. The summed E-state index contributed by atoms with van der Waals surface area (Å²) in [6.45, 7) is 2.88. The number of hydrogen-bond donors (Lipinski definition) is 1. The van der Waals surface area contributed by atoms with Gasteiger partial charge in [-0.2, -0.15) is 0 Å². The summed E-state index contributed by atoms with van der Waals surface area (Å²) in [5.74, 6) is 0.177. The lowest BCUT2D eigenvalue weighted by atomic mass is 10.00. The van der Waals surface area contributed by atoms with Crippen molar-refractivity contribution in [2.75, 3.05) is 6.54 Å². The molecule has 0 spiro atoms. The average molecular weight is 288 g/mol. The molecule has 1 saturated heterocycles. The number of amides is 1. The Morgan fingerprint density at radius 3 is 2.95 bits per heavy atom. The molecule has 0 unspecified atom stereocenters. The summed E-state index contributed by atoms with van der Waals surface area (Å²) < 4.78 is 0. The fourth-order valence-electron chi connectivity index (χ4n) is 3.00. The smallest absolute Gasteiger partial charge is 0.267 e. The van der Waals surface area contributed by atoms with Crippen molar-refractivity contribution in [3.63, 3.8) is 0 Å². The number of hydrogen-bond acceptors (Lipinski definition) is 4. The minimum absolute atomic E-state index is 0.0105. The third-order valence-electron chi connectivity index (χ3n) is 4.25. The highest BCUT2D eigenvalue weighted by Crippen LogP contribution is 2.26. The molecule has 1 aromatic rings. The van der Waals surface area contributed by atoms with Gasteiger partial charge in [-0.1, -0.05) is 17.3 Å². The summed E-state index contributed by atoms with van der Waals surface area (Å²) in [6.07, 6.45) is 3.14. The topological polar surface area (TPSA) is 62.1 Å². The van der Waals surface area contributed by atoms with Crippen molar-refractivity contribution >= 4 is 11.6 Å². The van der Waals surface area contributed by atoms with Crippen molar-refractivity contribution < 1.29 is 14.7 Å². The van der Waals surface area contributed by atoms with Gasteiger partial charge in [-0.25, -0.2) is 0 Å². The van der Waals surface area contributed by atoms with E-state index in [0.717, 1.165) is 19.4 Å². The molecule has 1 aromatic carbocycles. The van der Waals surface area contributed by atoms with Crippen LogP contribution in [0.5, 0.6) is 5.75 Å². The Bertz CT molecular complexity index is 570. The first-order valence-corrected chi connectivity index (χ1v) is 7.48. The highest BCUT2D eigenvalue weighted by atomic mass is 16.6. The number of phenols is 1. The molecule has 2 aliphatic heterocycles. The molecule has 0 aliphatic carbocycles. The third kappa shape index (κ3) is 2.73. The average Bonchev–Trinajstić information content (AvgIpc) is 2.97. The van der Waals surface area contributed by atoms with E-state index in [1.54, 1.807) is 18.2 Å². The molecule has 5 nitrogen and oxygen atoms in total. The molecule has 2 aliphatic rings. The van der Waals surface area contributed by atoms with Gasteiger partial charge in [-0.05, 0) is 38.3 Å². The van der Waals surface area contributed by atoms with Crippen molar-refractivity contribution in [2.24, 2.45) is 5.16 Å². The molecule has 5 heteroatoms. The standard InChI is InChI=1S/C16H20N2O3/c1-11-6-4-5-9-18(11)16(20)15-10-13(17-21-15)12-7-2-3-8-14(12)19/h2-3,7-8,11,15,19H,4-6,9-10H2,1H3/t11-,15+/m0/s1. The lowest BCUT2D eigenvalue weighted by Gasteiger charge is -2.34. The van der Waals surface area contributed by atoms with Gasteiger partial charge in [0.25, 0.3) is 5.91 Å². The lowest BCUT2D eigenvalue weighted by molar-refractivity contribution is -0.145. The molecule has 0 bridgehead atoms. The number of carbonyl (C=O) groups excluding carboxylic acids is 1. The van der Waals surface area contributed by atoms with Crippen molar-refractivity contribution in [1.82, 2.24) is 4.90 Å². The Morgan fingerprint density at radius 1 is 1.38 bits per heavy atom. The Labute approximate surface area is 124 Å². The van der Waals surface area contributed by atoms with Crippen LogP contribution in [0.25, 0.3) is 0 Å². The molecule has 0 aromatic heterocycles. The summed E-state index contributed by atoms with van der Waals surface area (Å²) in [4.78, 5) is 19.8. The molecule has 112 valence electrons. The van der Waals surface area contributed by atoms with Crippen molar-refractivity contribution in [3.05, 3.63) is 29.8 Å². The van der Waals surface area contributed by atoms with Crippen LogP contribution in [0, 0.1) is 0 Å². The predicted molar refractivity (Wildman–Crippen MR) is 79.2 cm³/mol. The molecule has 2 heterocycles. The molecule has 3 rings (SSSR count). The minimum atomic E-state index is -0.555. The quantitative estimate of drug-likeness (QED) is 0.908. The number of likely N-dealkylation sites (tertiary alicyclic amines) is 1. The molecule has 0 saturated carbocycles. The van der Waals surface area contributed by atoms with Gasteiger partial charge in [0.1, 0.15) is 5.75 Å². The fourth-order valence-corrected chi connectivity index (χ4v) is 3.00. The predicted octanol–water partition coefficient (Wildman–Crippen LogP) is 2.29. The van der Waals surface area contributed by atoms with Gasteiger partial charge < -0.3 is 14.8 Å². The maximum atomic E-state index is 12.5. The van der Waals surface area contributed by atoms with E-state index < -0.39 is 6.10 Å². The summed E-state index contributed by atoms with van der Waals surface area (Å²) in [5, 5.41) is 13.9. The Hall–Kier alpha value is -2.04. The van der Waals surface area contributed by atoms with E-state index in [9.17, 15) is 9.90 Å². The SMILES string of the molecule is C[C@H]1CCCCN1C(=O)[C@H]1CC(c2ccccc2O)=NO1. The maximum Gasteiger partial charge on any atom is 0.267 e. The number of aromatic hydroxyl groups is 1. The zero-order valence-electron chi connectivity index (χ0n) is 12.2. The van der Waals surface area contributed by atoms with E-state index >= 15 is 0 Å². The molecular weight excluding hydrogens is 268 g/mol. The van der Waals surface area contributed by atoms with Crippen molar-refractivity contribution in [1.29, 1.82) is 0 Å². The Balaban J connectivity index is 1.68. The highest BCUT2D eigenvalue weighted by Gasteiger charge is 2.35. The van der Waals surface area contributed by atoms with Crippen LogP contribution in [-0.4, -0.2) is 40.3 Å². The van der Waals surface area contributed by atoms with Gasteiger partial charge in [0.15, 0.2) is 0 Å². The molecule has 1 N–H and O–H groups in total. The normalized spacial score (nSPS) is 25.4. The minimum Gasteiger partial charge on any atom is -0.507 e. The molecular formula is C16H20N2O3. The number of para-hydroxylation sites is 1. The van der Waals surface area contributed by atoms with Crippen molar-refractivity contribution in [3.8, 4) is 5.75 Å². The number of piperidine rings is 1. The number of nitrogens with zero attached hydrogens (tertiary/aromatic N) is 2. The van der Waals surface area contributed by atoms with Gasteiger partial charge >= 0.3 is 0 Å². The van der Waals surface area contributed by atoms with E-state index in [1.165, 1.54) is 6.42 Å². The molecule has 1 amide bonds. The Kier molecular flexibility index (Phi) is 3.82. The highest BCUT2D eigenvalue weighted by molar-refractivity contribution is 6.05. The second kappa shape index (κ2) is 5.76. The number of phenolic OH excluding ortho intramolecular Hbond substituents is 1. The summed E-state index contributed by atoms with van der Waals surface area (Å²) >= 11 is 0. The van der Waals surface area contributed by atoms with Gasteiger partial charge in [0.05, 0.1) is 5.71 Å². The molecule has 0 radical (unpaired) electrons. The van der Waals surface area contributed by atoms with Crippen LogP contribution in [0.15, 0.2) is 29.4 Å². The summed E-state index contributed by atoms with van der Waals surface area (Å²) in [5.41, 5.74) is 1.27. The molecule has 1 fully saturated rings. The van der Waals surface area contributed by atoms with Crippen LogP contribution in [0.2, 0.25) is 0 Å². The van der Waals surface area contributed by atoms with Crippen molar-refractivity contribution in [2.45, 2.75) is 44.8 Å². The lowest BCUT2D eigenvalue weighted by Crippen LogP contribution is -2.47. The zero-order chi connectivity index (χ0) is 14.8. The number of benzene rings is 1. The van der Waals surface area contributed by atoms with Gasteiger partial charge in [-0.3, -0.25) is 4.79 Å². The zero-order valence-corrected chi connectivity index (χ0v) is 12.2. The van der Waals surface area contributed by atoms with E-state index in [1.807, 2.05) is 11.0 Å². The van der Waals surface area contributed by atoms with Crippen LogP contribution in [0.4, 0.5) is 0 Å². The van der Waals surface area contributed by atoms with E-state index in [4.69, 9.17) is 4.84 Å². The fraction of sp³-hybridized carbons (Fsp3) is 0.500. The Morgan fingerprint density at radius 2 is 2.19 bits per heavy atom. The largest absolute Gasteiger partial charge is 0.507 e.